The Hall–Kier alpha value is -2.41. The smallest absolute Gasteiger partial charge is 0.407 e. The number of carbonyl (C=O) groups is 1. The number of alkyl carbamates (subject to hydrolysis) is 1. The number of benzene rings is 2. The highest BCUT2D eigenvalue weighted by Gasteiger charge is 2.17. The van der Waals surface area contributed by atoms with Crippen molar-refractivity contribution in [1.82, 2.24) is 15.1 Å². The van der Waals surface area contributed by atoms with Gasteiger partial charge in [-0.15, -0.1) is 11.3 Å². The molecule has 0 aliphatic carbocycles. The van der Waals surface area contributed by atoms with Crippen molar-refractivity contribution in [1.29, 1.82) is 0 Å². The van der Waals surface area contributed by atoms with Gasteiger partial charge in [0.1, 0.15) is 6.61 Å². The van der Waals surface area contributed by atoms with E-state index in [4.69, 9.17) is 16.5 Å². The summed E-state index contributed by atoms with van der Waals surface area (Å²) in [6.07, 6.45) is 4.46. The molecule has 1 amide bonds. The lowest BCUT2D eigenvalue weighted by molar-refractivity contribution is 0.135. The second-order valence-electron chi connectivity index (χ2n) is 7.15. The molecular formula is C23H26ClN3O2S. The predicted octanol–water partition coefficient (Wildman–Crippen LogP) is 5.12. The maximum Gasteiger partial charge on any atom is 0.407 e. The Labute approximate surface area is 186 Å². The van der Waals surface area contributed by atoms with Crippen LogP contribution >= 0.6 is 23.1 Å². The summed E-state index contributed by atoms with van der Waals surface area (Å²) in [6.45, 7) is 0.231. The normalized spacial score (nSPS) is 12.8. The molecule has 3 rings (SSSR count). The molecule has 0 saturated carbocycles. The van der Waals surface area contributed by atoms with Crippen LogP contribution in [-0.4, -0.2) is 23.2 Å². The SMILES string of the molecule is O=C(N[C@H](CC[C@H](Cc1ccccc1)NCl)Cc1ccccc1)OCc1cncs1. The quantitative estimate of drug-likeness (QED) is 0.404. The fourth-order valence-corrected chi connectivity index (χ4v) is 3.97. The minimum absolute atomic E-state index is 0.0512. The summed E-state index contributed by atoms with van der Waals surface area (Å²) < 4.78 is 5.36. The van der Waals surface area contributed by atoms with Gasteiger partial charge in [0.2, 0.25) is 0 Å². The molecule has 0 bridgehead atoms. The van der Waals surface area contributed by atoms with Crippen LogP contribution in [0, 0.1) is 0 Å². The van der Waals surface area contributed by atoms with E-state index < -0.39 is 6.09 Å². The van der Waals surface area contributed by atoms with Crippen molar-refractivity contribution in [2.24, 2.45) is 0 Å². The van der Waals surface area contributed by atoms with E-state index in [0.717, 1.165) is 30.6 Å². The number of hydrogen-bond donors (Lipinski definition) is 2. The second kappa shape index (κ2) is 12.3. The molecule has 1 heterocycles. The molecule has 158 valence electrons. The van der Waals surface area contributed by atoms with Crippen molar-refractivity contribution in [3.63, 3.8) is 0 Å². The van der Waals surface area contributed by atoms with Crippen LogP contribution in [0.1, 0.15) is 28.8 Å². The van der Waals surface area contributed by atoms with E-state index >= 15 is 0 Å². The highest BCUT2D eigenvalue weighted by Crippen LogP contribution is 2.14. The van der Waals surface area contributed by atoms with Gasteiger partial charge >= 0.3 is 6.09 Å². The Morgan fingerprint density at radius 2 is 1.57 bits per heavy atom. The molecule has 0 fully saturated rings. The number of amides is 1. The number of aromatic nitrogens is 1. The van der Waals surface area contributed by atoms with Crippen LogP contribution in [0.25, 0.3) is 0 Å². The molecule has 30 heavy (non-hydrogen) atoms. The van der Waals surface area contributed by atoms with Crippen molar-refractivity contribution in [3.8, 4) is 0 Å². The standard InChI is InChI=1S/C23H26ClN3O2S/c24-27-21(14-19-9-5-2-6-10-19)12-11-20(13-18-7-3-1-4-8-18)26-23(28)29-16-22-15-25-17-30-22/h1-10,15,17,20-21,27H,11-14,16H2,(H,26,28)/t20-,21-/m1/s1. The highest BCUT2D eigenvalue weighted by molar-refractivity contribution is 7.09. The number of hydrogen-bond acceptors (Lipinski definition) is 5. The van der Waals surface area contributed by atoms with Crippen LogP contribution < -0.4 is 10.2 Å². The van der Waals surface area contributed by atoms with Gasteiger partial charge in [0.05, 0.1) is 10.4 Å². The molecule has 5 nitrogen and oxygen atoms in total. The van der Waals surface area contributed by atoms with Gasteiger partial charge in [-0.05, 0) is 48.6 Å². The van der Waals surface area contributed by atoms with Crippen LogP contribution in [0.4, 0.5) is 4.79 Å². The lowest BCUT2D eigenvalue weighted by atomic mass is 9.96. The third-order valence-corrected chi connectivity index (χ3v) is 5.88. The molecule has 0 saturated heterocycles. The monoisotopic (exact) mass is 443 g/mol. The molecule has 2 N–H and O–H groups in total. The number of nitrogens with one attached hydrogen (secondary N) is 2. The average Bonchev–Trinajstić information content (AvgIpc) is 3.30. The van der Waals surface area contributed by atoms with Crippen LogP contribution in [-0.2, 0) is 24.2 Å². The van der Waals surface area contributed by atoms with Crippen molar-refractivity contribution >= 4 is 29.2 Å². The molecule has 1 aromatic heterocycles. The summed E-state index contributed by atoms with van der Waals surface area (Å²) in [6, 6.07) is 20.4. The van der Waals surface area contributed by atoms with E-state index in [1.54, 1.807) is 11.7 Å². The van der Waals surface area contributed by atoms with Gasteiger partial charge in [-0.3, -0.25) is 4.98 Å². The summed E-state index contributed by atoms with van der Waals surface area (Å²) in [7, 11) is 0. The van der Waals surface area contributed by atoms with E-state index in [1.165, 1.54) is 22.5 Å². The van der Waals surface area contributed by atoms with Crippen molar-refractivity contribution < 1.29 is 9.53 Å². The number of halogens is 1. The molecule has 2 atom stereocenters. The highest BCUT2D eigenvalue weighted by atomic mass is 35.5. The molecule has 7 heteroatoms. The zero-order valence-electron chi connectivity index (χ0n) is 16.7. The van der Waals surface area contributed by atoms with Crippen molar-refractivity contribution in [2.75, 3.05) is 0 Å². The van der Waals surface area contributed by atoms with E-state index in [-0.39, 0.29) is 18.7 Å². The van der Waals surface area contributed by atoms with Crippen LogP contribution in [0.3, 0.4) is 0 Å². The summed E-state index contributed by atoms with van der Waals surface area (Å²) in [5.41, 5.74) is 4.12. The largest absolute Gasteiger partial charge is 0.444 e. The average molecular weight is 444 g/mol. The lowest BCUT2D eigenvalue weighted by Gasteiger charge is -2.22. The van der Waals surface area contributed by atoms with Crippen LogP contribution in [0.2, 0.25) is 0 Å². The van der Waals surface area contributed by atoms with Gasteiger partial charge in [-0.1, -0.05) is 60.7 Å². The first-order valence-electron chi connectivity index (χ1n) is 9.97. The van der Waals surface area contributed by atoms with Gasteiger partial charge in [0, 0.05) is 18.3 Å². The van der Waals surface area contributed by atoms with Crippen LogP contribution in [0.15, 0.2) is 72.4 Å². The number of ether oxygens (including phenoxy) is 1. The Kier molecular flexibility index (Phi) is 9.15. The first-order chi connectivity index (χ1) is 14.7. The maximum absolute atomic E-state index is 12.4. The third-order valence-electron chi connectivity index (χ3n) is 4.82. The summed E-state index contributed by atoms with van der Waals surface area (Å²) in [4.78, 5) is 20.2. The zero-order valence-corrected chi connectivity index (χ0v) is 18.2. The fraction of sp³-hybridized carbons (Fsp3) is 0.304. The summed E-state index contributed by atoms with van der Waals surface area (Å²) in [5.74, 6) is 0. The first-order valence-corrected chi connectivity index (χ1v) is 11.2. The zero-order chi connectivity index (χ0) is 21.0. The van der Waals surface area contributed by atoms with Gasteiger partial charge < -0.3 is 10.1 Å². The molecule has 3 aromatic rings. The minimum atomic E-state index is -0.414. The van der Waals surface area contributed by atoms with Crippen molar-refractivity contribution in [2.45, 2.75) is 44.4 Å². The first kappa shape index (κ1) is 22.3. The van der Waals surface area contributed by atoms with E-state index in [2.05, 4.69) is 39.4 Å². The summed E-state index contributed by atoms with van der Waals surface area (Å²) >= 11 is 7.47. The van der Waals surface area contributed by atoms with Gasteiger partial charge in [-0.2, -0.15) is 0 Å². The van der Waals surface area contributed by atoms with Gasteiger partial charge in [0.25, 0.3) is 0 Å². The second-order valence-corrected chi connectivity index (χ2v) is 8.34. The summed E-state index contributed by atoms with van der Waals surface area (Å²) in [5, 5.41) is 3.02. The fourth-order valence-electron chi connectivity index (χ4n) is 3.28. The van der Waals surface area contributed by atoms with Crippen LogP contribution in [0.5, 0.6) is 0 Å². The number of rotatable bonds is 11. The number of thiazole rings is 1. The Morgan fingerprint density at radius 3 is 2.13 bits per heavy atom. The Morgan fingerprint density at radius 1 is 0.967 bits per heavy atom. The Bertz CT molecular complexity index is 863. The minimum Gasteiger partial charge on any atom is -0.444 e. The molecule has 2 aromatic carbocycles. The Balaban J connectivity index is 1.56. The maximum atomic E-state index is 12.4. The molecule has 0 radical (unpaired) electrons. The lowest BCUT2D eigenvalue weighted by Crippen LogP contribution is -2.38. The van der Waals surface area contributed by atoms with E-state index in [9.17, 15) is 4.79 Å². The molecule has 0 aliphatic rings. The predicted molar refractivity (Wildman–Crippen MR) is 122 cm³/mol. The van der Waals surface area contributed by atoms with E-state index in [0.29, 0.717) is 0 Å². The topological polar surface area (TPSA) is 63.2 Å². The van der Waals surface area contributed by atoms with Crippen molar-refractivity contribution in [3.05, 3.63) is 88.4 Å². The van der Waals surface area contributed by atoms with Gasteiger partial charge in [-0.25, -0.2) is 9.63 Å². The molecular weight excluding hydrogens is 418 g/mol. The molecule has 0 spiro atoms. The number of carbonyl (C=O) groups excluding carboxylic acids is 1. The number of nitrogens with zero attached hydrogens (tertiary/aromatic N) is 1. The third kappa shape index (κ3) is 7.78. The van der Waals surface area contributed by atoms with Gasteiger partial charge in [0.15, 0.2) is 0 Å². The molecule has 0 unspecified atom stereocenters. The molecule has 0 aliphatic heterocycles. The van der Waals surface area contributed by atoms with E-state index in [1.807, 2.05) is 36.4 Å².